The van der Waals surface area contributed by atoms with Crippen LogP contribution in [0.1, 0.15) is 112 Å². The number of unbranched alkanes of at least 4 members (excludes halogenated alkanes) is 10. The summed E-state index contributed by atoms with van der Waals surface area (Å²) in [6.45, 7) is 5.21. The van der Waals surface area contributed by atoms with E-state index in [1.807, 2.05) is 0 Å². The van der Waals surface area contributed by atoms with Crippen LogP contribution in [-0.2, 0) is 9.47 Å². The second kappa shape index (κ2) is 15.7. The molecule has 0 fully saturated rings. The van der Waals surface area contributed by atoms with Gasteiger partial charge in [0.25, 0.3) is 0 Å². The minimum atomic E-state index is -0.420. The lowest BCUT2D eigenvalue weighted by Gasteiger charge is -2.07. The van der Waals surface area contributed by atoms with E-state index in [0.717, 1.165) is 25.7 Å². The molecule has 5 heteroatoms. The van der Waals surface area contributed by atoms with Crippen LogP contribution in [0.4, 0.5) is 0 Å². The number of ether oxygens (including phenoxy) is 2. The highest BCUT2D eigenvalue weighted by Gasteiger charge is 2.20. The van der Waals surface area contributed by atoms with Crippen LogP contribution in [0.15, 0.2) is 10.8 Å². The summed E-state index contributed by atoms with van der Waals surface area (Å²) in [5.74, 6) is -0.840. The first-order valence-electron chi connectivity index (χ1n) is 10.6. The van der Waals surface area contributed by atoms with E-state index < -0.39 is 11.9 Å². The van der Waals surface area contributed by atoms with E-state index in [-0.39, 0.29) is 0 Å². The van der Waals surface area contributed by atoms with Crippen LogP contribution in [-0.4, -0.2) is 25.2 Å². The van der Waals surface area contributed by atoms with Gasteiger partial charge in [0.15, 0.2) is 0 Å². The Morgan fingerprint density at radius 1 is 0.667 bits per heavy atom. The van der Waals surface area contributed by atoms with E-state index in [1.165, 1.54) is 62.7 Å². The Balaban J connectivity index is 2.25. The molecule has 0 aliphatic heterocycles. The topological polar surface area (TPSA) is 52.6 Å². The van der Waals surface area contributed by atoms with Crippen molar-refractivity contribution in [3.05, 3.63) is 21.9 Å². The first-order valence-corrected chi connectivity index (χ1v) is 11.5. The van der Waals surface area contributed by atoms with Crippen LogP contribution < -0.4 is 0 Å². The van der Waals surface area contributed by atoms with Gasteiger partial charge < -0.3 is 9.47 Å². The predicted octanol–water partition coefficient (Wildman–Crippen LogP) is 6.78. The van der Waals surface area contributed by atoms with E-state index in [0.29, 0.717) is 24.3 Å². The highest BCUT2D eigenvalue weighted by molar-refractivity contribution is 7.08. The van der Waals surface area contributed by atoms with Gasteiger partial charge in [0.05, 0.1) is 24.3 Å². The molecule has 0 unspecified atom stereocenters. The van der Waals surface area contributed by atoms with Crippen molar-refractivity contribution in [2.75, 3.05) is 13.2 Å². The SMILES string of the molecule is CCCCCCCCOC(=O)c1cscc1C(=O)OCCCCCCCC. The lowest BCUT2D eigenvalue weighted by Crippen LogP contribution is -2.13. The van der Waals surface area contributed by atoms with Crippen LogP contribution in [0, 0.1) is 0 Å². The Bertz CT molecular complexity index is 480. The number of carbonyl (C=O) groups is 2. The molecule has 0 radical (unpaired) electrons. The van der Waals surface area contributed by atoms with E-state index in [9.17, 15) is 9.59 Å². The molecule has 27 heavy (non-hydrogen) atoms. The average Bonchev–Trinajstić information content (AvgIpc) is 3.16. The van der Waals surface area contributed by atoms with Crippen molar-refractivity contribution in [1.82, 2.24) is 0 Å². The monoisotopic (exact) mass is 396 g/mol. The summed E-state index contributed by atoms with van der Waals surface area (Å²) >= 11 is 1.33. The molecule has 0 aliphatic carbocycles. The van der Waals surface area contributed by atoms with Gasteiger partial charge >= 0.3 is 11.9 Å². The molecule has 0 aliphatic rings. The van der Waals surface area contributed by atoms with Gasteiger partial charge in [-0.15, -0.1) is 0 Å². The Morgan fingerprint density at radius 3 is 1.44 bits per heavy atom. The molecule has 0 amide bonds. The van der Waals surface area contributed by atoms with Crippen LogP contribution in [0.2, 0.25) is 0 Å². The van der Waals surface area contributed by atoms with Crippen molar-refractivity contribution >= 4 is 23.3 Å². The number of hydrogen-bond donors (Lipinski definition) is 0. The van der Waals surface area contributed by atoms with Gasteiger partial charge in [0, 0.05) is 10.8 Å². The average molecular weight is 397 g/mol. The van der Waals surface area contributed by atoms with Crippen molar-refractivity contribution in [1.29, 1.82) is 0 Å². The number of rotatable bonds is 16. The summed E-state index contributed by atoms with van der Waals surface area (Å²) in [6.07, 6.45) is 13.7. The van der Waals surface area contributed by atoms with Gasteiger partial charge in [-0.2, -0.15) is 11.3 Å². The zero-order valence-corrected chi connectivity index (χ0v) is 17.9. The Morgan fingerprint density at radius 2 is 1.04 bits per heavy atom. The van der Waals surface area contributed by atoms with Crippen LogP contribution in [0.3, 0.4) is 0 Å². The third-order valence-electron chi connectivity index (χ3n) is 4.56. The fraction of sp³-hybridized carbons (Fsp3) is 0.727. The second-order valence-corrected chi connectivity index (χ2v) is 7.75. The number of carbonyl (C=O) groups excluding carboxylic acids is 2. The van der Waals surface area contributed by atoms with Crippen molar-refractivity contribution < 1.29 is 19.1 Å². The molecule has 0 N–H and O–H groups in total. The maximum absolute atomic E-state index is 12.2. The highest BCUT2D eigenvalue weighted by Crippen LogP contribution is 2.18. The van der Waals surface area contributed by atoms with Crippen molar-refractivity contribution in [3.8, 4) is 0 Å². The van der Waals surface area contributed by atoms with E-state index in [4.69, 9.17) is 9.47 Å². The number of hydrogen-bond acceptors (Lipinski definition) is 5. The third-order valence-corrected chi connectivity index (χ3v) is 5.31. The lowest BCUT2D eigenvalue weighted by atomic mass is 10.1. The van der Waals surface area contributed by atoms with Crippen LogP contribution in [0.25, 0.3) is 0 Å². The maximum atomic E-state index is 12.2. The number of esters is 2. The molecule has 1 aromatic heterocycles. The highest BCUT2D eigenvalue weighted by atomic mass is 32.1. The van der Waals surface area contributed by atoms with Gasteiger partial charge in [-0.25, -0.2) is 9.59 Å². The van der Waals surface area contributed by atoms with Gasteiger partial charge in [0.1, 0.15) is 0 Å². The van der Waals surface area contributed by atoms with Crippen LogP contribution >= 0.6 is 11.3 Å². The smallest absolute Gasteiger partial charge is 0.339 e. The van der Waals surface area contributed by atoms with E-state index in [1.54, 1.807) is 10.8 Å². The molecule has 154 valence electrons. The van der Waals surface area contributed by atoms with Gasteiger partial charge in [0.2, 0.25) is 0 Å². The molecule has 0 spiro atoms. The summed E-state index contributed by atoms with van der Waals surface area (Å²) in [5.41, 5.74) is 0.665. The largest absolute Gasteiger partial charge is 0.462 e. The first-order chi connectivity index (χ1) is 13.2. The first kappa shape index (κ1) is 23.7. The van der Waals surface area contributed by atoms with E-state index in [2.05, 4.69) is 13.8 Å². The maximum Gasteiger partial charge on any atom is 0.339 e. The summed E-state index contributed by atoms with van der Waals surface area (Å²) in [5, 5.41) is 3.34. The predicted molar refractivity (Wildman–Crippen MR) is 112 cm³/mol. The second-order valence-electron chi connectivity index (χ2n) is 7.01. The third kappa shape index (κ3) is 10.5. The Labute approximate surface area is 168 Å². The van der Waals surface area contributed by atoms with Gasteiger partial charge in [-0.05, 0) is 12.8 Å². The molecular weight excluding hydrogens is 360 g/mol. The molecule has 0 bridgehead atoms. The molecule has 1 aromatic rings. The zero-order valence-electron chi connectivity index (χ0n) is 17.1. The van der Waals surface area contributed by atoms with Crippen molar-refractivity contribution in [3.63, 3.8) is 0 Å². The zero-order chi connectivity index (χ0) is 19.7. The molecule has 0 atom stereocenters. The van der Waals surface area contributed by atoms with Crippen molar-refractivity contribution in [2.45, 2.75) is 90.9 Å². The summed E-state index contributed by atoms with van der Waals surface area (Å²) in [7, 11) is 0. The molecule has 0 saturated carbocycles. The fourth-order valence-electron chi connectivity index (χ4n) is 2.86. The summed E-state index contributed by atoms with van der Waals surface area (Å²) < 4.78 is 10.6. The Kier molecular flexibility index (Phi) is 13.7. The minimum absolute atomic E-state index is 0.332. The Hall–Kier alpha value is -1.36. The minimum Gasteiger partial charge on any atom is -0.462 e. The number of thiophene rings is 1. The van der Waals surface area contributed by atoms with Gasteiger partial charge in [-0.1, -0.05) is 78.1 Å². The van der Waals surface area contributed by atoms with Gasteiger partial charge in [-0.3, -0.25) is 0 Å². The van der Waals surface area contributed by atoms with Crippen LogP contribution in [0.5, 0.6) is 0 Å². The molecular formula is C22H36O4S. The molecule has 1 heterocycles. The summed E-state index contributed by atoms with van der Waals surface area (Å²) in [6, 6.07) is 0. The standard InChI is InChI=1S/C22H36O4S/c1-3-5-7-9-11-13-15-25-21(23)19-17-27-18-20(19)22(24)26-16-14-12-10-8-6-4-2/h17-18H,3-16H2,1-2H3. The van der Waals surface area contributed by atoms with E-state index >= 15 is 0 Å². The quantitative estimate of drug-likeness (QED) is 0.228. The fourth-order valence-corrected chi connectivity index (χ4v) is 3.65. The molecule has 0 aromatic carbocycles. The lowest BCUT2D eigenvalue weighted by molar-refractivity contribution is 0.0452. The normalized spacial score (nSPS) is 10.7. The molecule has 0 saturated heterocycles. The van der Waals surface area contributed by atoms with Crippen molar-refractivity contribution in [2.24, 2.45) is 0 Å². The molecule has 4 nitrogen and oxygen atoms in total. The molecule has 1 rings (SSSR count). The summed E-state index contributed by atoms with van der Waals surface area (Å²) in [4.78, 5) is 24.4.